The second-order valence-corrected chi connectivity index (χ2v) is 5.87. The second-order valence-electron chi connectivity index (χ2n) is 5.87. The number of esters is 1. The van der Waals surface area contributed by atoms with E-state index >= 15 is 0 Å². The molecule has 2 rings (SSSR count). The van der Waals surface area contributed by atoms with E-state index < -0.39 is 36.1 Å². The topological polar surface area (TPSA) is 81.7 Å². The van der Waals surface area contributed by atoms with E-state index in [-0.39, 0.29) is 5.56 Å². The third-order valence-corrected chi connectivity index (χ3v) is 3.77. The molecule has 2 aromatic carbocycles. The molecule has 0 aromatic heterocycles. The first-order valence-electron chi connectivity index (χ1n) is 8.47. The van der Waals surface area contributed by atoms with Crippen LogP contribution in [0, 0.1) is 5.82 Å². The highest BCUT2D eigenvalue weighted by molar-refractivity contribution is 5.98. The van der Waals surface area contributed by atoms with Gasteiger partial charge in [-0.25, -0.2) is 9.18 Å². The maximum Gasteiger partial charge on any atom is 0.328 e. The van der Waals surface area contributed by atoms with Crippen LogP contribution in [0.15, 0.2) is 54.6 Å². The van der Waals surface area contributed by atoms with Crippen LogP contribution in [-0.4, -0.2) is 37.4 Å². The van der Waals surface area contributed by atoms with E-state index in [4.69, 9.17) is 9.47 Å². The molecule has 28 heavy (non-hydrogen) atoms. The van der Waals surface area contributed by atoms with Crippen LogP contribution in [0.2, 0.25) is 0 Å². The third kappa shape index (κ3) is 6.35. The first-order chi connectivity index (χ1) is 13.4. The van der Waals surface area contributed by atoms with Gasteiger partial charge in [-0.2, -0.15) is 0 Å². The maximum atomic E-state index is 12.8. The number of rotatable bonds is 8. The minimum absolute atomic E-state index is 0.230. The Bertz CT molecular complexity index is 859. The van der Waals surface area contributed by atoms with Crippen molar-refractivity contribution in [3.63, 3.8) is 0 Å². The van der Waals surface area contributed by atoms with Crippen LogP contribution in [-0.2, 0) is 14.3 Å². The first kappa shape index (κ1) is 20.8. The van der Waals surface area contributed by atoms with Crippen LogP contribution < -0.4 is 10.1 Å². The predicted octanol–water partition coefficient (Wildman–Crippen LogP) is 2.78. The van der Waals surface area contributed by atoms with E-state index in [0.717, 1.165) is 17.7 Å². The summed E-state index contributed by atoms with van der Waals surface area (Å²) < 4.78 is 22.8. The zero-order valence-corrected chi connectivity index (χ0v) is 15.5. The van der Waals surface area contributed by atoms with Crippen LogP contribution >= 0.6 is 0 Å². The zero-order valence-electron chi connectivity index (χ0n) is 15.5. The van der Waals surface area contributed by atoms with Crippen LogP contribution in [0.3, 0.4) is 0 Å². The Morgan fingerprint density at radius 2 is 1.71 bits per heavy atom. The van der Waals surface area contributed by atoms with Gasteiger partial charge in [0.1, 0.15) is 17.6 Å². The lowest BCUT2D eigenvalue weighted by atomic mass is 10.1. The van der Waals surface area contributed by atoms with Gasteiger partial charge in [0.2, 0.25) is 5.91 Å². The fourth-order valence-electron chi connectivity index (χ4n) is 2.19. The lowest BCUT2D eigenvalue weighted by Crippen LogP contribution is -2.39. The second kappa shape index (κ2) is 10.0. The molecular weight excluding hydrogens is 365 g/mol. The molecule has 0 bridgehead atoms. The Morgan fingerprint density at radius 1 is 1.07 bits per heavy atom. The number of ether oxygens (including phenoxy) is 2. The number of ketones is 1. The summed E-state index contributed by atoms with van der Waals surface area (Å²) >= 11 is 0. The number of nitrogens with one attached hydrogen (secondary N) is 1. The molecule has 1 atom stereocenters. The van der Waals surface area contributed by atoms with Crippen molar-refractivity contribution in [2.75, 3.05) is 13.7 Å². The number of carbonyl (C=O) groups excluding carboxylic acids is 3. The standard InChI is InChI=1S/C21H20FNO5/c1-14(21(26)28-13-19(24)16-6-8-17(22)9-7-16)23-20(25)12-5-15-3-10-18(27-2)11-4-15/h3-12,14H,13H2,1-2H3,(H,23,25)/b12-5+/t14-/m1/s1. The Labute approximate surface area is 162 Å². The summed E-state index contributed by atoms with van der Waals surface area (Å²) in [6.45, 7) is 0.955. The molecule has 146 valence electrons. The number of methoxy groups -OCH3 is 1. The van der Waals surface area contributed by atoms with Crippen molar-refractivity contribution < 1.29 is 28.2 Å². The van der Waals surface area contributed by atoms with Crippen molar-refractivity contribution >= 4 is 23.7 Å². The van der Waals surface area contributed by atoms with Crippen LogP contribution in [0.5, 0.6) is 5.75 Å². The van der Waals surface area contributed by atoms with Gasteiger partial charge in [-0.15, -0.1) is 0 Å². The van der Waals surface area contributed by atoms with E-state index in [1.54, 1.807) is 37.5 Å². The fraction of sp³-hybridized carbons (Fsp3) is 0.190. The summed E-state index contributed by atoms with van der Waals surface area (Å²) in [5.74, 6) is -1.46. The Hall–Kier alpha value is -3.48. The maximum absolute atomic E-state index is 12.8. The molecule has 0 heterocycles. The average Bonchev–Trinajstić information content (AvgIpc) is 2.71. The van der Waals surface area contributed by atoms with E-state index in [0.29, 0.717) is 5.75 Å². The van der Waals surface area contributed by atoms with Crippen molar-refractivity contribution in [3.8, 4) is 5.75 Å². The van der Waals surface area contributed by atoms with Crippen molar-refractivity contribution in [3.05, 3.63) is 71.6 Å². The van der Waals surface area contributed by atoms with E-state index in [1.165, 1.54) is 25.1 Å². The van der Waals surface area contributed by atoms with Gasteiger partial charge in [0.05, 0.1) is 7.11 Å². The van der Waals surface area contributed by atoms with Gasteiger partial charge in [0, 0.05) is 11.6 Å². The van der Waals surface area contributed by atoms with E-state index in [2.05, 4.69) is 5.32 Å². The van der Waals surface area contributed by atoms with Gasteiger partial charge < -0.3 is 14.8 Å². The van der Waals surface area contributed by atoms with Gasteiger partial charge in [-0.05, 0) is 55.0 Å². The molecule has 0 radical (unpaired) electrons. The lowest BCUT2D eigenvalue weighted by Gasteiger charge is -2.12. The molecule has 0 saturated heterocycles. The van der Waals surface area contributed by atoms with Crippen molar-refractivity contribution in [1.29, 1.82) is 0 Å². The average molecular weight is 385 g/mol. The summed E-state index contributed by atoms with van der Waals surface area (Å²) in [5, 5.41) is 2.46. The quantitative estimate of drug-likeness (QED) is 0.429. The number of hydrogen-bond acceptors (Lipinski definition) is 5. The monoisotopic (exact) mass is 385 g/mol. The van der Waals surface area contributed by atoms with Gasteiger partial charge in [0.25, 0.3) is 0 Å². The molecule has 0 spiro atoms. The molecule has 0 unspecified atom stereocenters. The van der Waals surface area contributed by atoms with Crippen LogP contribution in [0.4, 0.5) is 4.39 Å². The van der Waals surface area contributed by atoms with Gasteiger partial charge in [0.15, 0.2) is 12.4 Å². The predicted molar refractivity (Wildman–Crippen MR) is 101 cm³/mol. The SMILES string of the molecule is COc1ccc(/C=C/C(=O)N[C@H](C)C(=O)OCC(=O)c2ccc(F)cc2)cc1. The highest BCUT2D eigenvalue weighted by Crippen LogP contribution is 2.12. The van der Waals surface area contributed by atoms with E-state index in [9.17, 15) is 18.8 Å². The van der Waals surface area contributed by atoms with E-state index in [1.807, 2.05) is 0 Å². The lowest BCUT2D eigenvalue weighted by molar-refractivity contribution is -0.145. The number of halogens is 1. The normalized spacial score (nSPS) is 11.7. The van der Waals surface area contributed by atoms with Crippen molar-refractivity contribution in [2.24, 2.45) is 0 Å². The fourth-order valence-corrected chi connectivity index (χ4v) is 2.19. The Kier molecular flexibility index (Phi) is 7.45. The minimum Gasteiger partial charge on any atom is -0.497 e. The molecule has 2 aromatic rings. The zero-order chi connectivity index (χ0) is 20.5. The van der Waals surface area contributed by atoms with Crippen LogP contribution in [0.1, 0.15) is 22.8 Å². The molecular formula is C21H20FNO5. The number of Topliss-reactive ketones (excluding diaryl/α,β-unsaturated/α-hetero) is 1. The Morgan fingerprint density at radius 3 is 2.32 bits per heavy atom. The first-order valence-corrected chi connectivity index (χ1v) is 8.47. The van der Waals surface area contributed by atoms with Crippen molar-refractivity contribution in [2.45, 2.75) is 13.0 Å². The molecule has 0 saturated carbocycles. The van der Waals surface area contributed by atoms with Gasteiger partial charge in [-0.1, -0.05) is 12.1 Å². The number of hydrogen-bond donors (Lipinski definition) is 1. The van der Waals surface area contributed by atoms with Crippen molar-refractivity contribution in [1.82, 2.24) is 5.32 Å². The third-order valence-electron chi connectivity index (χ3n) is 3.77. The summed E-state index contributed by atoms with van der Waals surface area (Å²) in [5.41, 5.74) is 1.02. The molecule has 6 nitrogen and oxygen atoms in total. The smallest absolute Gasteiger partial charge is 0.328 e. The summed E-state index contributed by atoms with van der Waals surface area (Å²) in [7, 11) is 1.56. The molecule has 0 aliphatic heterocycles. The molecule has 1 N–H and O–H groups in total. The molecule has 7 heteroatoms. The van der Waals surface area contributed by atoms with Gasteiger partial charge in [-0.3, -0.25) is 9.59 Å². The summed E-state index contributed by atoms with van der Waals surface area (Å²) in [6, 6.07) is 11.0. The summed E-state index contributed by atoms with van der Waals surface area (Å²) in [6.07, 6.45) is 2.88. The number of amides is 1. The number of carbonyl (C=O) groups is 3. The minimum atomic E-state index is -0.936. The van der Waals surface area contributed by atoms with Crippen LogP contribution in [0.25, 0.3) is 6.08 Å². The molecule has 0 aliphatic rings. The van der Waals surface area contributed by atoms with Gasteiger partial charge >= 0.3 is 5.97 Å². The largest absolute Gasteiger partial charge is 0.497 e. The summed E-state index contributed by atoms with van der Waals surface area (Å²) in [4.78, 5) is 35.7. The highest BCUT2D eigenvalue weighted by atomic mass is 19.1. The molecule has 0 fully saturated rings. The Balaban J connectivity index is 1.80. The number of benzene rings is 2. The molecule has 1 amide bonds. The highest BCUT2D eigenvalue weighted by Gasteiger charge is 2.17. The molecule has 0 aliphatic carbocycles.